The van der Waals surface area contributed by atoms with Gasteiger partial charge in [-0.1, -0.05) is 24.3 Å². The Morgan fingerprint density at radius 3 is 2.78 bits per heavy atom. The first kappa shape index (κ1) is 23.5. The quantitative estimate of drug-likeness (QED) is 0.461. The maximum absolute atomic E-state index is 12.3. The van der Waals surface area contributed by atoms with E-state index in [1.807, 2.05) is 56.3 Å². The fourth-order valence-electron chi connectivity index (χ4n) is 3.60. The Morgan fingerprint density at radius 1 is 1.19 bits per heavy atom. The van der Waals surface area contributed by atoms with E-state index in [-0.39, 0.29) is 12.0 Å². The van der Waals surface area contributed by atoms with Gasteiger partial charge in [0.15, 0.2) is 0 Å². The number of hydrogen-bond acceptors (Lipinski definition) is 4. The number of benzene rings is 2. The first-order valence-corrected chi connectivity index (χ1v) is 11.2. The molecule has 6 nitrogen and oxygen atoms in total. The molecule has 0 unspecified atom stereocenters. The van der Waals surface area contributed by atoms with Crippen LogP contribution in [0.2, 0.25) is 0 Å². The largest absolute Gasteiger partial charge is 0.491 e. The summed E-state index contributed by atoms with van der Waals surface area (Å²) in [6, 6.07) is 15.9. The van der Waals surface area contributed by atoms with E-state index in [2.05, 4.69) is 34.9 Å². The molecule has 1 amide bonds. The summed E-state index contributed by atoms with van der Waals surface area (Å²) in [5, 5.41) is 2.98. The fourth-order valence-corrected chi connectivity index (χ4v) is 3.60. The van der Waals surface area contributed by atoms with Gasteiger partial charge in [-0.05, 0) is 76.8 Å². The van der Waals surface area contributed by atoms with Crippen molar-refractivity contribution in [2.24, 2.45) is 0 Å². The van der Waals surface area contributed by atoms with E-state index in [1.165, 1.54) is 0 Å². The molecule has 0 aliphatic heterocycles. The molecule has 0 spiro atoms. The van der Waals surface area contributed by atoms with E-state index in [4.69, 9.17) is 9.72 Å². The van der Waals surface area contributed by atoms with Crippen molar-refractivity contribution in [1.82, 2.24) is 19.8 Å². The fraction of sp³-hybridized carbons (Fsp3) is 0.385. The first-order chi connectivity index (χ1) is 15.4. The second-order valence-electron chi connectivity index (χ2n) is 8.44. The lowest BCUT2D eigenvalue weighted by Crippen LogP contribution is -2.24. The highest BCUT2D eigenvalue weighted by atomic mass is 16.5. The third-order valence-corrected chi connectivity index (χ3v) is 5.03. The summed E-state index contributed by atoms with van der Waals surface area (Å²) < 4.78 is 7.99. The predicted octanol–water partition coefficient (Wildman–Crippen LogP) is 4.15. The van der Waals surface area contributed by atoms with E-state index < -0.39 is 0 Å². The van der Waals surface area contributed by atoms with Crippen LogP contribution in [0.1, 0.15) is 31.7 Å². The van der Waals surface area contributed by atoms with Crippen LogP contribution in [0.4, 0.5) is 0 Å². The molecule has 0 fully saturated rings. The molecule has 1 aromatic heterocycles. The summed E-state index contributed by atoms with van der Waals surface area (Å²) in [5.74, 6) is 1.69. The average Bonchev–Trinajstić information content (AvgIpc) is 3.09. The highest BCUT2D eigenvalue weighted by molar-refractivity contribution is 5.91. The number of hydrogen-bond donors (Lipinski definition) is 1. The Balaban J connectivity index is 1.57. The number of imidazole rings is 1. The number of ether oxygens (including phenoxy) is 1. The van der Waals surface area contributed by atoms with Gasteiger partial charge in [-0.15, -0.1) is 0 Å². The van der Waals surface area contributed by atoms with Crippen LogP contribution in [-0.4, -0.2) is 53.6 Å². The van der Waals surface area contributed by atoms with Crippen LogP contribution < -0.4 is 10.1 Å². The van der Waals surface area contributed by atoms with E-state index in [9.17, 15) is 4.79 Å². The van der Waals surface area contributed by atoms with E-state index >= 15 is 0 Å². The molecule has 0 aliphatic carbocycles. The number of aryl methyl sites for hydroxylation is 1. The Morgan fingerprint density at radius 2 is 2.00 bits per heavy atom. The Labute approximate surface area is 190 Å². The number of aromatic nitrogens is 2. The summed E-state index contributed by atoms with van der Waals surface area (Å²) in [4.78, 5) is 19.3. The zero-order chi connectivity index (χ0) is 22.9. The van der Waals surface area contributed by atoms with Crippen molar-refractivity contribution in [3.05, 3.63) is 66.0 Å². The lowest BCUT2D eigenvalue weighted by molar-refractivity contribution is -0.116. The van der Waals surface area contributed by atoms with Gasteiger partial charge >= 0.3 is 0 Å². The molecular formula is C26H34N4O2. The van der Waals surface area contributed by atoms with Gasteiger partial charge in [-0.3, -0.25) is 4.79 Å². The topological polar surface area (TPSA) is 59.4 Å². The van der Waals surface area contributed by atoms with Gasteiger partial charge in [-0.25, -0.2) is 4.98 Å². The standard InChI is InChI=1S/C26H34N4O2/c1-20(2)32-22-10-7-9-21(19-22)13-14-26(31)27-16-15-25-28-23-11-5-6-12-24(23)30(25)18-8-17-29(3)4/h5-7,9-14,19-20H,8,15-18H2,1-4H3,(H,27,31)/b14-13+. The number of amides is 1. The number of carbonyl (C=O) groups is 1. The van der Waals surface area contributed by atoms with E-state index in [1.54, 1.807) is 12.2 Å². The molecule has 0 saturated heterocycles. The lowest BCUT2D eigenvalue weighted by Gasteiger charge is -2.12. The highest BCUT2D eigenvalue weighted by Crippen LogP contribution is 2.17. The molecule has 3 aromatic rings. The molecule has 0 saturated carbocycles. The average molecular weight is 435 g/mol. The molecule has 170 valence electrons. The van der Waals surface area contributed by atoms with Crippen LogP contribution in [-0.2, 0) is 17.8 Å². The summed E-state index contributed by atoms with van der Waals surface area (Å²) in [6.07, 6.45) is 5.22. The van der Waals surface area contributed by atoms with Gasteiger partial charge in [0.1, 0.15) is 11.6 Å². The third-order valence-electron chi connectivity index (χ3n) is 5.03. The van der Waals surface area contributed by atoms with Crippen molar-refractivity contribution in [2.75, 3.05) is 27.2 Å². The third kappa shape index (κ3) is 6.95. The zero-order valence-corrected chi connectivity index (χ0v) is 19.5. The molecule has 6 heteroatoms. The van der Waals surface area contributed by atoms with E-state index in [0.717, 1.165) is 47.7 Å². The minimum Gasteiger partial charge on any atom is -0.491 e. The molecule has 2 aromatic carbocycles. The van der Waals surface area contributed by atoms with Crippen LogP contribution in [0, 0.1) is 0 Å². The molecular weight excluding hydrogens is 400 g/mol. The van der Waals surface area contributed by atoms with Gasteiger partial charge in [0.25, 0.3) is 0 Å². The van der Waals surface area contributed by atoms with Gasteiger partial charge in [0.05, 0.1) is 17.1 Å². The molecule has 0 radical (unpaired) electrons. The van der Waals surface area contributed by atoms with Crippen molar-refractivity contribution in [3.8, 4) is 5.75 Å². The van der Waals surface area contributed by atoms with Crippen molar-refractivity contribution >= 4 is 23.0 Å². The number of fused-ring (bicyclic) bond motifs is 1. The minimum absolute atomic E-state index is 0.115. The summed E-state index contributed by atoms with van der Waals surface area (Å²) in [6.45, 7) is 6.46. The lowest BCUT2D eigenvalue weighted by atomic mass is 10.2. The van der Waals surface area contributed by atoms with Gasteiger partial charge < -0.3 is 19.5 Å². The smallest absolute Gasteiger partial charge is 0.244 e. The number of para-hydroxylation sites is 2. The molecule has 0 atom stereocenters. The van der Waals surface area contributed by atoms with Crippen LogP contribution in [0.3, 0.4) is 0 Å². The van der Waals surface area contributed by atoms with E-state index in [0.29, 0.717) is 13.0 Å². The Bertz CT molecular complexity index is 1050. The molecule has 32 heavy (non-hydrogen) atoms. The predicted molar refractivity (Wildman–Crippen MR) is 131 cm³/mol. The minimum atomic E-state index is -0.115. The molecule has 0 aliphatic rings. The van der Waals surface area contributed by atoms with Gasteiger partial charge in [0, 0.05) is 25.6 Å². The van der Waals surface area contributed by atoms with Gasteiger partial charge in [-0.2, -0.15) is 0 Å². The monoisotopic (exact) mass is 434 g/mol. The number of nitrogens with one attached hydrogen (secondary N) is 1. The molecule has 1 N–H and O–H groups in total. The number of carbonyl (C=O) groups excluding carboxylic acids is 1. The zero-order valence-electron chi connectivity index (χ0n) is 19.5. The second-order valence-corrected chi connectivity index (χ2v) is 8.44. The maximum atomic E-state index is 12.3. The van der Waals surface area contributed by atoms with Crippen molar-refractivity contribution in [3.63, 3.8) is 0 Å². The Hall–Kier alpha value is -3.12. The summed E-state index contributed by atoms with van der Waals surface area (Å²) >= 11 is 0. The summed E-state index contributed by atoms with van der Waals surface area (Å²) in [5.41, 5.74) is 3.08. The molecule has 0 bridgehead atoms. The SMILES string of the molecule is CC(C)Oc1cccc(/C=C/C(=O)NCCc2nc3ccccc3n2CCCN(C)C)c1. The van der Waals surface area contributed by atoms with Crippen molar-refractivity contribution < 1.29 is 9.53 Å². The molecule has 3 rings (SSSR count). The number of nitrogens with zero attached hydrogens (tertiary/aromatic N) is 3. The van der Waals surface area contributed by atoms with Crippen molar-refractivity contribution in [1.29, 1.82) is 0 Å². The second kappa shape index (κ2) is 11.5. The highest BCUT2D eigenvalue weighted by Gasteiger charge is 2.10. The van der Waals surface area contributed by atoms with Crippen LogP contribution in [0.15, 0.2) is 54.6 Å². The van der Waals surface area contributed by atoms with Crippen LogP contribution in [0.5, 0.6) is 5.75 Å². The van der Waals surface area contributed by atoms with Crippen molar-refractivity contribution in [2.45, 2.75) is 39.3 Å². The first-order valence-electron chi connectivity index (χ1n) is 11.2. The molecule has 1 heterocycles. The van der Waals surface area contributed by atoms with Gasteiger partial charge in [0.2, 0.25) is 5.91 Å². The number of rotatable bonds is 11. The Kier molecular flexibility index (Phi) is 8.45. The normalized spacial score (nSPS) is 11.7. The summed E-state index contributed by atoms with van der Waals surface area (Å²) in [7, 11) is 4.17. The van der Waals surface area contributed by atoms with Crippen LogP contribution in [0.25, 0.3) is 17.1 Å². The maximum Gasteiger partial charge on any atom is 0.244 e. The van der Waals surface area contributed by atoms with Crippen LogP contribution >= 0.6 is 0 Å².